The minimum Gasteiger partial charge on any atom is -0.302 e. The minimum absolute atomic E-state index is 0.401. The maximum absolute atomic E-state index is 3.92. The van der Waals surface area contributed by atoms with Crippen molar-refractivity contribution in [1.82, 2.24) is 5.32 Å². The third-order valence-corrected chi connectivity index (χ3v) is 5.65. The highest BCUT2D eigenvalue weighted by Crippen LogP contribution is 2.38. The molecule has 0 spiro atoms. The van der Waals surface area contributed by atoms with Crippen LogP contribution < -0.4 is 5.32 Å². The Kier molecular flexibility index (Phi) is 4.77. The van der Waals surface area contributed by atoms with E-state index in [1.165, 1.54) is 41.7 Å². The molecule has 2 atom stereocenters. The Labute approximate surface area is 132 Å². The van der Waals surface area contributed by atoms with Crippen LogP contribution in [0.3, 0.4) is 0 Å². The molecule has 1 aliphatic carbocycles. The smallest absolute Gasteiger partial charge is 0.0448 e. The minimum atomic E-state index is 0.401. The maximum atomic E-state index is 3.92. The van der Waals surface area contributed by atoms with E-state index in [4.69, 9.17) is 0 Å². The summed E-state index contributed by atoms with van der Waals surface area (Å²) in [5.41, 5.74) is 2.74. The first-order valence-corrected chi connectivity index (χ1v) is 8.98. The molecule has 0 aliphatic heterocycles. The summed E-state index contributed by atoms with van der Waals surface area (Å²) < 4.78 is 0. The zero-order valence-corrected chi connectivity index (χ0v) is 13.8. The third-order valence-electron chi connectivity index (χ3n) is 4.69. The number of aryl methyl sites for hydroxylation is 1. The molecule has 1 aliphatic rings. The second-order valence-corrected chi connectivity index (χ2v) is 7.32. The molecule has 1 unspecified atom stereocenters. The van der Waals surface area contributed by atoms with E-state index in [0.29, 0.717) is 12.1 Å². The third kappa shape index (κ3) is 3.56. The molecule has 1 heterocycles. The molecule has 1 N–H and O–H groups in total. The number of hydrogen-bond donors (Lipinski definition) is 1. The lowest BCUT2D eigenvalue weighted by Gasteiger charge is -2.28. The summed E-state index contributed by atoms with van der Waals surface area (Å²) in [6.07, 6.45) is 5.53. The fourth-order valence-electron chi connectivity index (χ4n) is 3.51. The lowest BCUT2D eigenvalue weighted by Crippen LogP contribution is -2.29. The van der Waals surface area contributed by atoms with Crippen LogP contribution in [0.15, 0.2) is 41.8 Å². The van der Waals surface area contributed by atoms with Crippen molar-refractivity contribution in [2.45, 2.75) is 51.6 Å². The van der Waals surface area contributed by atoms with Crippen molar-refractivity contribution >= 4 is 11.3 Å². The summed E-state index contributed by atoms with van der Waals surface area (Å²) in [4.78, 5) is 1.50. The van der Waals surface area contributed by atoms with Gasteiger partial charge in [0, 0.05) is 17.0 Å². The van der Waals surface area contributed by atoms with Gasteiger partial charge in [0.2, 0.25) is 0 Å². The summed E-state index contributed by atoms with van der Waals surface area (Å²) in [7, 11) is 0. The van der Waals surface area contributed by atoms with Gasteiger partial charge in [0.1, 0.15) is 0 Å². The molecule has 2 heteroatoms. The number of hydrogen-bond acceptors (Lipinski definition) is 2. The molecular formula is C19H25NS. The normalized spacial score (nSPS) is 18.8. The van der Waals surface area contributed by atoms with Gasteiger partial charge in [0.25, 0.3) is 0 Å². The van der Waals surface area contributed by atoms with Gasteiger partial charge in [-0.05, 0) is 49.6 Å². The summed E-state index contributed by atoms with van der Waals surface area (Å²) in [5.74, 6) is 0.802. The Hall–Kier alpha value is -1.12. The predicted octanol–water partition coefficient (Wildman–Crippen LogP) is 5.64. The van der Waals surface area contributed by atoms with E-state index >= 15 is 0 Å². The highest BCUT2D eigenvalue weighted by molar-refractivity contribution is 7.10. The molecule has 1 aromatic heterocycles. The highest BCUT2D eigenvalue weighted by Gasteiger charge is 2.28. The van der Waals surface area contributed by atoms with E-state index in [2.05, 4.69) is 60.9 Å². The lowest BCUT2D eigenvalue weighted by atomic mass is 9.94. The summed E-state index contributed by atoms with van der Waals surface area (Å²) in [6.45, 7) is 4.47. The molecular weight excluding hydrogens is 274 g/mol. The standard InChI is InChI=1S/C19H25NS/c1-14-7-5-10-17(13-14)15(2)20-19(16-8-3-4-9-16)18-11-6-12-21-18/h5-7,10-13,15-16,19-20H,3-4,8-9H2,1-2H3/t15-,19?/m1/s1. The molecule has 3 rings (SSSR count). The molecule has 0 saturated heterocycles. The van der Waals surface area contributed by atoms with Crippen LogP contribution in [0.4, 0.5) is 0 Å². The first-order chi connectivity index (χ1) is 10.2. The first-order valence-electron chi connectivity index (χ1n) is 8.10. The van der Waals surface area contributed by atoms with Gasteiger partial charge in [-0.1, -0.05) is 48.7 Å². The molecule has 0 radical (unpaired) electrons. The Balaban J connectivity index is 1.77. The number of nitrogens with one attached hydrogen (secondary N) is 1. The lowest BCUT2D eigenvalue weighted by molar-refractivity contribution is 0.343. The van der Waals surface area contributed by atoms with E-state index in [9.17, 15) is 0 Å². The van der Waals surface area contributed by atoms with E-state index in [0.717, 1.165) is 5.92 Å². The second-order valence-electron chi connectivity index (χ2n) is 6.34. The van der Waals surface area contributed by atoms with Crippen molar-refractivity contribution < 1.29 is 0 Å². The average Bonchev–Trinajstić information content (AvgIpc) is 3.18. The van der Waals surface area contributed by atoms with Gasteiger partial charge >= 0.3 is 0 Å². The number of benzene rings is 1. The maximum Gasteiger partial charge on any atom is 0.0448 e. The van der Waals surface area contributed by atoms with Crippen molar-refractivity contribution in [1.29, 1.82) is 0 Å². The molecule has 0 bridgehead atoms. The SMILES string of the molecule is Cc1cccc([C@@H](C)NC(c2cccs2)C2CCCC2)c1. The average molecular weight is 299 g/mol. The Morgan fingerprint density at radius 1 is 1.14 bits per heavy atom. The van der Waals surface area contributed by atoms with Crippen LogP contribution in [0.1, 0.15) is 60.7 Å². The Bertz CT molecular complexity index is 555. The largest absolute Gasteiger partial charge is 0.302 e. The topological polar surface area (TPSA) is 12.0 Å². The van der Waals surface area contributed by atoms with Gasteiger partial charge in [-0.25, -0.2) is 0 Å². The Morgan fingerprint density at radius 3 is 2.62 bits per heavy atom. The van der Waals surface area contributed by atoms with Crippen molar-refractivity contribution in [3.63, 3.8) is 0 Å². The van der Waals surface area contributed by atoms with Crippen molar-refractivity contribution in [2.75, 3.05) is 0 Å². The van der Waals surface area contributed by atoms with Crippen molar-refractivity contribution in [2.24, 2.45) is 5.92 Å². The monoisotopic (exact) mass is 299 g/mol. The van der Waals surface area contributed by atoms with Crippen LogP contribution in [0, 0.1) is 12.8 Å². The number of rotatable bonds is 5. The zero-order valence-electron chi connectivity index (χ0n) is 13.0. The quantitative estimate of drug-likeness (QED) is 0.753. The summed E-state index contributed by atoms with van der Waals surface area (Å²) in [5, 5.41) is 6.12. The molecule has 1 saturated carbocycles. The van der Waals surface area contributed by atoms with Crippen LogP contribution in [0.2, 0.25) is 0 Å². The van der Waals surface area contributed by atoms with Crippen molar-refractivity contribution in [3.05, 3.63) is 57.8 Å². The molecule has 2 aromatic rings. The van der Waals surface area contributed by atoms with Crippen LogP contribution in [0.25, 0.3) is 0 Å². The fraction of sp³-hybridized carbons (Fsp3) is 0.474. The van der Waals surface area contributed by atoms with Crippen LogP contribution in [-0.2, 0) is 0 Å². The molecule has 1 aromatic carbocycles. The molecule has 0 amide bonds. The van der Waals surface area contributed by atoms with Gasteiger partial charge in [-0.3, -0.25) is 0 Å². The zero-order chi connectivity index (χ0) is 14.7. The van der Waals surface area contributed by atoms with Gasteiger partial charge in [0.15, 0.2) is 0 Å². The molecule has 112 valence electrons. The molecule has 21 heavy (non-hydrogen) atoms. The summed E-state index contributed by atoms with van der Waals surface area (Å²) >= 11 is 1.90. The fourth-order valence-corrected chi connectivity index (χ4v) is 4.39. The van der Waals surface area contributed by atoms with E-state index in [1.807, 2.05) is 11.3 Å². The van der Waals surface area contributed by atoms with Gasteiger partial charge in [0.05, 0.1) is 0 Å². The highest BCUT2D eigenvalue weighted by atomic mass is 32.1. The van der Waals surface area contributed by atoms with Gasteiger partial charge in [-0.15, -0.1) is 11.3 Å². The van der Waals surface area contributed by atoms with Gasteiger partial charge in [-0.2, -0.15) is 0 Å². The number of thiophene rings is 1. The first kappa shape index (κ1) is 14.8. The molecule has 1 fully saturated rings. The van der Waals surface area contributed by atoms with Gasteiger partial charge < -0.3 is 5.32 Å². The van der Waals surface area contributed by atoms with Crippen LogP contribution in [0.5, 0.6) is 0 Å². The predicted molar refractivity (Wildman–Crippen MR) is 91.7 cm³/mol. The second kappa shape index (κ2) is 6.76. The van der Waals surface area contributed by atoms with E-state index in [-0.39, 0.29) is 0 Å². The summed E-state index contributed by atoms with van der Waals surface area (Å²) in [6, 6.07) is 14.3. The van der Waals surface area contributed by atoms with E-state index in [1.54, 1.807) is 0 Å². The van der Waals surface area contributed by atoms with Crippen molar-refractivity contribution in [3.8, 4) is 0 Å². The van der Waals surface area contributed by atoms with Crippen LogP contribution in [-0.4, -0.2) is 0 Å². The van der Waals surface area contributed by atoms with E-state index < -0.39 is 0 Å². The van der Waals surface area contributed by atoms with Crippen LogP contribution >= 0.6 is 11.3 Å². The Morgan fingerprint density at radius 2 is 1.95 bits per heavy atom. The molecule has 1 nitrogen and oxygen atoms in total.